The molecule has 1 aliphatic carbocycles. The highest BCUT2D eigenvalue weighted by atomic mass is 19.1. The van der Waals surface area contributed by atoms with Gasteiger partial charge in [-0.3, -0.25) is 4.79 Å². The molecular weight excluding hydrogens is 297 g/mol. The van der Waals surface area contributed by atoms with E-state index in [1.165, 1.54) is 0 Å². The van der Waals surface area contributed by atoms with Gasteiger partial charge in [0, 0.05) is 36.9 Å². The normalized spacial score (nSPS) is 27.0. The van der Waals surface area contributed by atoms with Gasteiger partial charge in [0.05, 0.1) is 0 Å². The molecule has 126 valence electrons. The van der Waals surface area contributed by atoms with Gasteiger partial charge in [-0.25, -0.2) is 14.4 Å². The van der Waals surface area contributed by atoms with Crippen LogP contribution in [-0.2, 0) is 0 Å². The number of rotatable bonds is 4. The summed E-state index contributed by atoms with van der Waals surface area (Å²) in [6, 6.07) is 0.147. The molecule has 6 nitrogen and oxygen atoms in total. The fourth-order valence-corrected chi connectivity index (χ4v) is 3.14. The number of hydrogen-bond donors (Lipinski definition) is 2. The van der Waals surface area contributed by atoms with Gasteiger partial charge in [-0.05, 0) is 39.0 Å². The van der Waals surface area contributed by atoms with E-state index < -0.39 is 6.17 Å². The molecule has 3 N–H and O–H groups in total. The van der Waals surface area contributed by atoms with Gasteiger partial charge in [0.25, 0.3) is 5.91 Å². The molecule has 2 heterocycles. The average Bonchev–Trinajstić information content (AvgIpc) is 2.91. The zero-order valence-electron chi connectivity index (χ0n) is 13.7. The molecule has 1 amide bonds. The first-order valence-corrected chi connectivity index (χ1v) is 8.22. The molecule has 0 radical (unpaired) electrons. The summed E-state index contributed by atoms with van der Waals surface area (Å²) in [5.41, 5.74) is 7.75. The number of hydrogen-bond acceptors (Lipinski definition) is 5. The third kappa shape index (κ3) is 3.44. The van der Waals surface area contributed by atoms with Crippen molar-refractivity contribution in [3.05, 3.63) is 17.1 Å². The topological polar surface area (TPSA) is 84.1 Å². The van der Waals surface area contributed by atoms with Crippen LogP contribution in [0.2, 0.25) is 0 Å². The van der Waals surface area contributed by atoms with Crippen molar-refractivity contribution in [2.45, 2.75) is 45.3 Å². The molecule has 1 saturated carbocycles. The minimum atomic E-state index is -0.708. The Morgan fingerprint density at radius 3 is 2.74 bits per heavy atom. The molecule has 1 aliphatic heterocycles. The molecule has 2 aliphatic rings. The van der Waals surface area contributed by atoms with Gasteiger partial charge in [-0.15, -0.1) is 0 Å². The molecule has 1 atom stereocenters. The number of aromatic nitrogens is 2. The van der Waals surface area contributed by atoms with Gasteiger partial charge in [0.1, 0.15) is 12.0 Å². The molecule has 0 spiro atoms. The van der Waals surface area contributed by atoms with Crippen LogP contribution < -0.4 is 16.0 Å². The lowest BCUT2D eigenvalue weighted by Gasteiger charge is -2.29. The molecule has 7 heteroatoms. The summed E-state index contributed by atoms with van der Waals surface area (Å²) in [5.74, 6) is 0.916. The van der Waals surface area contributed by atoms with Crippen molar-refractivity contribution in [3.63, 3.8) is 0 Å². The number of nitrogens with one attached hydrogen (secondary N) is 1. The van der Waals surface area contributed by atoms with Crippen LogP contribution in [0.4, 0.5) is 10.2 Å². The fourth-order valence-electron chi connectivity index (χ4n) is 3.14. The number of aryl methyl sites for hydroxylation is 1. The number of carbonyl (C=O) groups is 1. The Kier molecular flexibility index (Phi) is 4.48. The minimum absolute atomic E-state index is 0.147. The molecular formula is C16H24FN5O. The van der Waals surface area contributed by atoms with E-state index in [-0.39, 0.29) is 23.7 Å². The van der Waals surface area contributed by atoms with Gasteiger partial charge in [0.15, 0.2) is 0 Å². The second-order valence-electron chi connectivity index (χ2n) is 6.72. The Labute approximate surface area is 135 Å². The van der Waals surface area contributed by atoms with Crippen LogP contribution in [0.1, 0.15) is 41.1 Å². The second-order valence-corrected chi connectivity index (χ2v) is 6.72. The standard InChI is InChI=1S/C16H24FN5O/c1-9-10(2)20-14(16(23)19-7-11-5-12(17)6-11)21-15(9)22-4-3-13(18)8-22/h11-13H,3-8,18H2,1-2H3,(H,19,23)/t11?,12?,13-/m1/s1. The van der Waals surface area contributed by atoms with Crippen LogP contribution in [0.15, 0.2) is 0 Å². The first-order chi connectivity index (χ1) is 10.9. The van der Waals surface area contributed by atoms with E-state index in [4.69, 9.17) is 5.73 Å². The first-order valence-electron chi connectivity index (χ1n) is 8.22. The van der Waals surface area contributed by atoms with Crippen molar-refractivity contribution in [2.24, 2.45) is 11.7 Å². The highest BCUT2D eigenvalue weighted by molar-refractivity contribution is 5.91. The van der Waals surface area contributed by atoms with Crippen molar-refractivity contribution >= 4 is 11.7 Å². The number of alkyl halides is 1. The van der Waals surface area contributed by atoms with E-state index in [1.54, 1.807) is 0 Å². The van der Waals surface area contributed by atoms with Crippen LogP contribution in [-0.4, -0.2) is 47.7 Å². The Bertz CT molecular complexity index is 602. The number of halogens is 1. The average molecular weight is 321 g/mol. The maximum absolute atomic E-state index is 12.8. The molecule has 0 aromatic carbocycles. The van der Waals surface area contributed by atoms with Crippen LogP contribution >= 0.6 is 0 Å². The SMILES string of the molecule is Cc1nc(C(=O)NCC2CC(F)C2)nc(N2CC[C@@H](N)C2)c1C. The van der Waals surface area contributed by atoms with E-state index in [0.717, 1.165) is 36.6 Å². The number of carbonyl (C=O) groups excluding carboxylic acids is 1. The molecule has 2 fully saturated rings. The lowest BCUT2D eigenvalue weighted by atomic mass is 9.83. The largest absolute Gasteiger partial charge is 0.355 e. The van der Waals surface area contributed by atoms with Crippen molar-refractivity contribution in [1.29, 1.82) is 0 Å². The summed E-state index contributed by atoms with van der Waals surface area (Å²) < 4.78 is 12.8. The zero-order chi connectivity index (χ0) is 16.6. The van der Waals surface area contributed by atoms with E-state index in [9.17, 15) is 9.18 Å². The lowest BCUT2D eigenvalue weighted by molar-refractivity contribution is 0.0886. The van der Waals surface area contributed by atoms with E-state index in [2.05, 4.69) is 20.2 Å². The highest BCUT2D eigenvalue weighted by Crippen LogP contribution is 2.29. The molecule has 1 saturated heterocycles. The van der Waals surface area contributed by atoms with Gasteiger partial charge < -0.3 is 16.0 Å². The van der Waals surface area contributed by atoms with Crippen molar-refractivity contribution in [3.8, 4) is 0 Å². The summed E-state index contributed by atoms with van der Waals surface area (Å²) in [7, 11) is 0. The van der Waals surface area contributed by atoms with E-state index in [0.29, 0.717) is 19.4 Å². The number of anilines is 1. The van der Waals surface area contributed by atoms with Gasteiger partial charge >= 0.3 is 0 Å². The number of nitrogens with zero attached hydrogens (tertiary/aromatic N) is 3. The summed E-state index contributed by atoms with van der Waals surface area (Å²) in [4.78, 5) is 23.2. The second kappa shape index (κ2) is 6.39. The van der Waals surface area contributed by atoms with Crippen molar-refractivity contribution in [2.75, 3.05) is 24.5 Å². The maximum Gasteiger partial charge on any atom is 0.289 e. The number of amides is 1. The van der Waals surface area contributed by atoms with Crippen LogP contribution in [0, 0.1) is 19.8 Å². The summed E-state index contributed by atoms with van der Waals surface area (Å²) >= 11 is 0. The number of nitrogens with two attached hydrogens (primary N) is 1. The molecule has 23 heavy (non-hydrogen) atoms. The van der Waals surface area contributed by atoms with Crippen molar-refractivity contribution < 1.29 is 9.18 Å². The predicted molar refractivity (Wildman–Crippen MR) is 86.3 cm³/mol. The molecule has 1 aromatic rings. The third-order valence-electron chi connectivity index (χ3n) is 4.82. The Morgan fingerprint density at radius 2 is 2.13 bits per heavy atom. The van der Waals surface area contributed by atoms with Crippen LogP contribution in [0.3, 0.4) is 0 Å². The Hall–Kier alpha value is -1.76. The molecule has 0 unspecified atom stereocenters. The van der Waals surface area contributed by atoms with Crippen LogP contribution in [0.25, 0.3) is 0 Å². The Morgan fingerprint density at radius 1 is 1.39 bits per heavy atom. The van der Waals surface area contributed by atoms with E-state index in [1.807, 2.05) is 13.8 Å². The van der Waals surface area contributed by atoms with Crippen LogP contribution in [0.5, 0.6) is 0 Å². The summed E-state index contributed by atoms with van der Waals surface area (Å²) in [5, 5.41) is 2.82. The lowest BCUT2D eigenvalue weighted by Crippen LogP contribution is -2.37. The van der Waals surface area contributed by atoms with E-state index >= 15 is 0 Å². The predicted octanol–water partition coefficient (Wildman–Crippen LogP) is 1.11. The quantitative estimate of drug-likeness (QED) is 0.868. The zero-order valence-corrected chi connectivity index (χ0v) is 13.7. The monoisotopic (exact) mass is 321 g/mol. The first kappa shape index (κ1) is 16.1. The van der Waals surface area contributed by atoms with Gasteiger partial charge in [0.2, 0.25) is 5.82 Å². The molecule has 3 rings (SSSR count). The van der Waals surface area contributed by atoms with Crippen molar-refractivity contribution in [1.82, 2.24) is 15.3 Å². The summed E-state index contributed by atoms with van der Waals surface area (Å²) in [6.07, 6.45) is 1.28. The fraction of sp³-hybridized carbons (Fsp3) is 0.688. The third-order valence-corrected chi connectivity index (χ3v) is 4.82. The molecule has 1 aromatic heterocycles. The summed E-state index contributed by atoms with van der Waals surface area (Å²) in [6.45, 7) is 5.93. The maximum atomic E-state index is 12.8. The highest BCUT2D eigenvalue weighted by Gasteiger charge is 2.29. The Balaban J connectivity index is 1.71. The minimum Gasteiger partial charge on any atom is -0.355 e. The van der Waals surface area contributed by atoms with Gasteiger partial charge in [-0.2, -0.15) is 0 Å². The molecule has 0 bridgehead atoms. The smallest absolute Gasteiger partial charge is 0.289 e. The van der Waals surface area contributed by atoms with Gasteiger partial charge in [-0.1, -0.05) is 0 Å².